The molecule has 0 spiro atoms. The molecule has 0 unspecified atom stereocenters. The second-order valence-electron chi connectivity index (χ2n) is 7.91. The number of ether oxygens (including phenoxy) is 2. The van der Waals surface area contributed by atoms with Gasteiger partial charge in [-0.25, -0.2) is 0 Å². The number of para-hydroxylation sites is 4. The topological polar surface area (TPSA) is 59.1 Å². The van der Waals surface area contributed by atoms with Gasteiger partial charge in [0, 0.05) is 22.7 Å². The first-order chi connectivity index (χ1) is 17.7. The van der Waals surface area contributed by atoms with E-state index in [1.807, 2.05) is 121 Å². The molecule has 0 aromatic heterocycles. The Labute approximate surface area is 211 Å². The summed E-state index contributed by atoms with van der Waals surface area (Å²) in [6.07, 6.45) is 0. The lowest BCUT2D eigenvalue weighted by molar-refractivity contribution is -0.125. The summed E-state index contributed by atoms with van der Waals surface area (Å²) in [5.41, 5.74) is 3.06. The van der Waals surface area contributed by atoms with Crippen molar-refractivity contribution >= 4 is 34.6 Å². The molecule has 0 bridgehead atoms. The summed E-state index contributed by atoms with van der Waals surface area (Å²) in [5, 5.41) is 0. The third kappa shape index (κ3) is 6.66. The third-order valence-corrected chi connectivity index (χ3v) is 5.38. The number of hydrogen-bond acceptors (Lipinski definition) is 4. The van der Waals surface area contributed by atoms with E-state index in [9.17, 15) is 9.59 Å². The van der Waals surface area contributed by atoms with Crippen LogP contribution in [0.25, 0.3) is 0 Å². The molecule has 0 radical (unpaired) electrons. The van der Waals surface area contributed by atoms with Gasteiger partial charge >= 0.3 is 0 Å². The normalized spacial score (nSPS) is 10.6. The zero-order chi connectivity index (χ0) is 25.0. The lowest BCUT2D eigenvalue weighted by Crippen LogP contribution is -2.31. The van der Waals surface area contributed by atoms with Gasteiger partial charge in [0.15, 0.2) is 0 Å². The van der Waals surface area contributed by atoms with Crippen LogP contribution < -0.4 is 9.80 Å². The van der Waals surface area contributed by atoms with Crippen LogP contribution in [0.15, 0.2) is 121 Å². The van der Waals surface area contributed by atoms with Gasteiger partial charge in [-0.05, 0) is 48.5 Å². The highest BCUT2D eigenvalue weighted by molar-refractivity contribution is 6.02. The van der Waals surface area contributed by atoms with Crippen molar-refractivity contribution in [2.45, 2.75) is 0 Å². The number of benzene rings is 4. The van der Waals surface area contributed by atoms with Gasteiger partial charge in [-0.1, -0.05) is 72.8 Å². The number of nitrogens with zero attached hydrogens (tertiary/aromatic N) is 2. The van der Waals surface area contributed by atoms with E-state index in [1.54, 1.807) is 9.80 Å². The summed E-state index contributed by atoms with van der Waals surface area (Å²) < 4.78 is 11.2. The van der Waals surface area contributed by atoms with Crippen LogP contribution in [0.1, 0.15) is 0 Å². The maximum Gasteiger partial charge on any atom is 0.257 e. The fourth-order valence-electron chi connectivity index (χ4n) is 3.75. The number of rotatable bonds is 11. The molecule has 4 aromatic rings. The number of hydrogen-bond donors (Lipinski definition) is 0. The smallest absolute Gasteiger partial charge is 0.257 e. The second kappa shape index (κ2) is 13.0. The van der Waals surface area contributed by atoms with Crippen molar-refractivity contribution in [3.8, 4) is 0 Å². The minimum atomic E-state index is -0.192. The Morgan fingerprint density at radius 2 is 0.694 bits per heavy atom. The second-order valence-corrected chi connectivity index (χ2v) is 7.91. The van der Waals surface area contributed by atoms with Crippen molar-refractivity contribution in [3.63, 3.8) is 0 Å². The molecule has 4 rings (SSSR count). The monoisotopic (exact) mass is 480 g/mol. The molecule has 36 heavy (non-hydrogen) atoms. The van der Waals surface area contributed by atoms with E-state index in [0.717, 1.165) is 22.7 Å². The van der Waals surface area contributed by atoms with Crippen LogP contribution in [-0.2, 0) is 19.1 Å². The predicted molar refractivity (Wildman–Crippen MR) is 142 cm³/mol. The average molecular weight is 481 g/mol. The molecule has 0 heterocycles. The average Bonchev–Trinajstić information content (AvgIpc) is 2.93. The molecule has 0 saturated heterocycles. The lowest BCUT2D eigenvalue weighted by Gasteiger charge is -2.23. The molecule has 0 aliphatic carbocycles. The van der Waals surface area contributed by atoms with E-state index in [2.05, 4.69) is 0 Å². The molecule has 6 nitrogen and oxygen atoms in total. The molecule has 2 amide bonds. The lowest BCUT2D eigenvalue weighted by atomic mass is 10.2. The summed E-state index contributed by atoms with van der Waals surface area (Å²) in [7, 11) is 0. The van der Waals surface area contributed by atoms with Gasteiger partial charge in [0.05, 0.1) is 13.2 Å². The van der Waals surface area contributed by atoms with Gasteiger partial charge in [-0.15, -0.1) is 0 Å². The summed E-state index contributed by atoms with van der Waals surface area (Å²) >= 11 is 0. The van der Waals surface area contributed by atoms with Crippen LogP contribution in [0.4, 0.5) is 22.7 Å². The largest absolute Gasteiger partial charge is 0.369 e. The molecule has 0 aliphatic heterocycles. The standard InChI is InChI=1S/C30H28N2O4/c33-29(31(25-13-5-1-6-14-25)26-15-7-2-8-16-26)23-35-21-22-36-24-30(34)32(27-17-9-3-10-18-27)28-19-11-4-12-20-28/h1-20H,21-24H2. The number of anilines is 4. The van der Waals surface area contributed by atoms with E-state index in [-0.39, 0.29) is 38.2 Å². The van der Waals surface area contributed by atoms with E-state index in [0.29, 0.717) is 0 Å². The minimum Gasteiger partial charge on any atom is -0.369 e. The van der Waals surface area contributed by atoms with Crippen molar-refractivity contribution < 1.29 is 19.1 Å². The molecule has 0 N–H and O–H groups in total. The van der Waals surface area contributed by atoms with Crippen LogP contribution >= 0.6 is 0 Å². The highest BCUT2D eigenvalue weighted by Gasteiger charge is 2.19. The van der Waals surface area contributed by atoms with E-state index in [1.165, 1.54) is 0 Å². The molecule has 6 heteroatoms. The fourth-order valence-corrected chi connectivity index (χ4v) is 3.75. The van der Waals surface area contributed by atoms with E-state index >= 15 is 0 Å². The van der Waals surface area contributed by atoms with Crippen LogP contribution in [0.5, 0.6) is 0 Å². The molecule has 0 fully saturated rings. The first kappa shape index (κ1) is 24.9. The maximum absolute atomic E-state index is 13.0. The van der Waals surface area contributed by atoms with E-state index < -0.39 is 0 Å². The van der Waals surface area contributed by atoms with Crippen LogP contribution in [0.3, 0.4) is 0 Å². The van der Waals surface area contributed by atoms with Gasteiger partial charge in [0.1, 0.15) is 13.2 Å². The highest BCUT2D eigenvalue weighted by Crippen LogP contribution is 2.26. The van der Waals surface area contributed by atoms with Crippen molar-refractivity contribution in [1.82, 2.24) is 0 Å². The number of carbonyl (C=O) groups is 2. The summed E-state index contributed by atoms with van der Waals surface area (Å²) in [6.45, 7) is 0.155. The summed E-state index contributed by atoms with van der Waals surface area (Å²) in [6, 6.07) is 37.8. The van der Waals surface area contributed by atoms with Crippen LogP contribution in [0, 0.1) is 0 Å². The SMILES string of the molecule is O=C(COCCOCC(=O)N(c1ccccc1)c1ccccc1)N(c1ccccc1)c1ccccc1. The molecule has 4 aromatic carbocycles. The Kier molecular flexibility index (Phi) is 8.97. The highest BCUT2D eigenvalue weighted by atomic mass is 16.5. The Balaban J connectivity index is 1.28. The van der Waals surface area contributed by atoms with Gasteiger partial charge < -0.3 is 9.47 Å². The first-order valence-electron chi connectivity index (χ1n) is 11.8. The quantitative estimate of drug-likeness (QED) is 0.257. The van der Waals surface area contributed by atoms with Crippen molar-refractivity contribution in [1.29, 1.82) is 0 Å². The molecular weight excluding hydrogens is 452 g/mol. The summed E-state index contributed by atoms with van der Waals surface area (Å²) in [4.78, 5) is 29.2. The summed E-state index contributed by atoms with van der Waals surface area (Å²) in [5.74, 6) is -0.384. The van der Waals surface area contributed by atoms with Crippen LogP contribution in [-0.4, -0.2) is 38.2 Å². The molecule has 0 atom stereocenters. The maximum atomic E-state index is 13.0. The van der Waals surface area contributed by atoms with Crippen molar-refractivity contribution in [2.75, 3.05) is 36.2 Å². The molecule has 182 valence electrons. The minimum absolute atomic E-state index is 0.110. The Morgan fingerprint density at radius 1 is 0.444 bits per heavy atom. The van der Waals surface area contributed by atoms with Crippen molar-refractivity contribution in [2.24, 2.45) is 0 Å². The van der Waals surface area contributed by atoms with Gasteiger partial charge in [0.2, 0.25) is 0 Å². The fraction of sp³-hybridized carbons (Fsp3) is 0.133. The Bertz CT molecular complexity index is 1040. The third-order valence-electron chi connectivity index (χ3n) is 5.38. The predicted octanol–water partition coefficient (Wildman–Crippen LogP) is 5.75. The first-order valence-corrected chi connectivity index (χ1v) is 11.8. The molecule has 0 aliphatic rings. The zero-order valence-electron chi connectivity index (χ0n) is 19.9. The van der Waals surface area contributed by atoms with Gasteiger partial charge in [-0.2, -0.15) is 0 Å². The molecular formula is C30H28N2O4. The molecule has 0 saturated carbocycles. The van der Waals surface area contributed by atoms with Crippen molar-refractivity contribution in [3.05, 3.63) is 121 Å². The van der Waals surface area contributed by atoms with Gasteiger partial charge in [-0.3, -0.25) is 19.4 Å². The van der Waals surface area contributed by atoms with Gasteiger partial charge in [0.25, 0.3) is 11.8 Å². The zero-order valence-corrected chi connectivity index (χ0v) is 19.9. The Hall–Kier alpha value is -4.26. The van der Waals surface area contributed by atoms with Crippen LogP contribution in [0.2, 0.25) is 0 Å². The van der Waals surface area contributed by atoms with E-state index in [4.69, 9.17) is 9.47 Å². The number of amides is 2. The Morgan fingerprint density at radius 3 is 0.944 bits per heavy atom. The number of carbonyl (C=O) groups excluding carboxylic acids is 2.